The molecule has 9 nitrogen and oxygen atoms in total. The van der Waals surface area contributed by atoms with Crippen LogP contribution in [0.25, 0.3) is 5.76 Å². The van der Waals surface area contributed by atoms with Crippen LogP contribution in [0.5, 0.6) is 17.2 Å². The third kappa shape index (κ3) is 5.17. The fourth-order valence-electron chi connectivity index (χ4n) is 4.70. The van der Waals surface area contributed by atoms with Gasteiger partial charge in [0.05, 0.1) is 46.2 Å². The first-order chi connectivity index (χ1) is 17.5. The molecule has 2 fully saturated rings. The summed E-state index contributed by atoms with van der Waals surface area (Å²) in [6.45, 7) is 4.15. The van der Waals surface area contributed by atoms with E-state index in [1.165, 1.54) is 19.1 Å². The van der Waals surface area contributed by atoms with Crippen LogP contribution in [0.1, 0.15) is 23.6 Å². The first kappa shape index (κ1) is 25.5. The second-order valence-corrected chi connectivity index (χ2v) is 8.64. The summed E-state index contributed by atoms with van der Waals surface area (Å²) in [6.07, 6.45) is 0.662. The predicted octanol–water partition coefficient (Wildman–Crippen LogP) is 2.86. The second-order valence-electron chi connectivity index (χ2n) is 8.64. The smallest absolute Gasteiger partial charge is 0.295 e. The number of aliphatic hydroxyl groups is 1. The molecule has 2 aromatic carbocycles. The lowest BCUT2D eigenvalue weighted by molar-refractivity contribution is -0.140. The van der Waals surface area contributed by atoms with Crippen molar-refractivity contribution >= 4 is 17.4 Å². The molecule has 192 valence electrons. The van der Waals surface area contributed by atoms with Crippen LogP contribution in [0, 0.1) is 0 Å². The topological polar surface area (TPSA) is 97.8 Å². The van der Waals surface area contributed by atoms with Crippen LogP contribution < -0.4 is 14.2 Å². The number of Topliss-reactive ketones (excluding diaryl/α,β-unsaturated/α-hetero) is 1. The minimum atomic E-state index is -0.842. The summed E-state index contributed by atoms with van der Waals surface area (Å²) in [5, 5.41) is 11.3. The number of morpholine rings is 1. The van der Waals surface area contributed by atoms with E-state index in [1.807, 2.05) is 0 Å². The Morgan fingerprint density at radius 2 is 1.69 bits per heavy atom. The second kappa shape index (κ2) is 11.5. The summed E-state index contributed by atoms with van der Waals surface area (Å²) >= 11 is 0. The van der Waals surface area contributed by atoms with Gasteiger partial charge in [-0.3, -0.25) is 14.5 Å². The van der Waals surface area contributed by atoms with Crippen molar-refractivity contribution < 1.29 is 33.6 Å². The SMILES string of the molecule is COc1cccc(/C(O)=C2/C(=O)C(=O)N(CCCN3CCOCC3)C2c2cc(OC)ccc2OC)c1. The van der Waals surface area contributed by atoms with Gasteiger partial charge in [-0.15, -0.1) is 0 Å². The molecule has 0 saturated carbocycles. The fourth-order valence-corrected chi connectivity index (χ4v) is 4.70. The molecule has 0 radical (unpaired) electrons. The number of aliphatic hydroxyl groups excluding tert-OH is 1. The highest BCUT2D eigenvalue weighted by molar-refractivity contribution is 6.46. The monoisotopic (exact) mass is 496 g/mol. The minimum absolute atomic E-state index is 0.00572. The molecule has 2 aliphatic heterocycles. The van der Waals surface area contributed by atoms with Crippen molar-refractivity contribution in [3.8, 4) is 17.2 Å². The number of amides is 1. The highest BCUT2D eigenvalue weighted by atomic mass is 16.5. The Morgan fingerprint density at radius 3 is 2.39 bits per heavy atom. The van der Waals surface area contributed by atoms with Crippen molar-refractivity contribution in [2.24, 2.45) is 0 Å². The van der Waals surface area contributed by atoms with Crippen LogP contribution in [0.2, 0.25) is 0 Å². The van der Waals surface area contributed by atoms with E-state index >= 15 is 0 Å². The zero-order valence-corrected chi connectivity index (χ0v) is 20.9. The van der Waals surface area contributed by atoms with E-state index < -0.39 is 17.7 Å². The van der Waals surface area contributed by atoms with E-state index in [1.54, 1.807) is 49.6 Å². The Hall–Kier alpha value is -3.56. The Kier molecular flexibility index (Phi) is 8.12. The van der Waals surface area contributed by atoms with E-state index in [0.29, 0.717) is 54.6 Å². The third-order valence-electron chi connectivity index (χ3n) is 6.59. The molecule has 0 aromatic heterocycles. The number of likely N-dealkylation sites (tertiary alicyclic amines) is 1. The largest absolute Gasteiger partial charge is 0.507 e. The van der Waals surface area contributed by atoms with Gasteiger partial charge in [-0.05, 0) is 36.8 Å². The normalized spacial score (nSPS) is 20.0. The molecule has 1 unspecified atom stereocenters. The molecule has 4 rings (SSSR count). The fraction of sp³-hybridized carbons (Fsp3) is 0.407. The first-order valence-corrected chi connectivity index (χ1v) is 11.9. The number of ketones is 1. The van der Waals surface area contributed by atoms with E-state index in [0.717, 1.165) is 19.6 Å². The lowest BCUT2D eigenvalue weighted by Crippen LogP contribution is -2.39. The third-order valence-corrected chi connectivity index (χ3v) is 6.59. The van der Waals surface area contributed by atoms with Crippen LogP contribution >= 0.6 is 0 Å². The van der Waals surface area contributed by atoms with Gasteiger partial charge in [0, 0.05) is 37.3 Å². The number of ether oxygens (including phenoxy) is 4. The van der Waals surface area contributed by atoms with Gasteiger partial charge < -0.3 is 29.0 Å². The van der Waals surface area contributed by atoms with Gasteiger partial charge >= 0.3 is 0 Å². The van der Waals surface area contributed by atoms with E-state index in [2.05, 4.69) is 4.90 Å². The number of benzene rings is 2. The number of rotatable bonds is 9. The number of carbonyl (C=O) groups is 2. The number of carbonyl (C=O) groups excluding carboxylic acids is 2. The number of hydrogen-bond donors (Lipinski definition) is 1. The summed E-state index contributed by atoms with van der Waals surface area (Å²) in [7, 11) is 4.59. The van der Waals surface area contributed by atoms with Gasteiger partial charge in [-0.25, -0.2) is 0 Å². The molecule has 2 aliphatic rings. The summed E-state index contributed by atoms with van der Waals surface area (Å²) in [6, 6.07) is 11.1. The molecule has 0 bridgehead atoms. The van der Waals surface area contributed by atoms with Crippen LogP contribution in [0.3, 0.4) is 0 Å². The molecular formula is C27H32N2O7. The average molecular weight is 497 g/mol. The van der Waals surface area contributed by atoms with Gasteiger partial charge in [0.25, 0.3) is 11.7 Å². The van der Waals surface area contributed by atoms with E-state index in [-0.39, 0.29) is 11.3 Å². The van der Waals surface area contributed by atoms with Crippen molar-refractivity contribution in [1.82, 2.24) is 9.80 Å². The summed E-state index contributed by atoms with van der Waals surface area (Å²) in [5.74, 6) is -0.108. The lowest BCUT2D eigenvalue weighted by Gasteiger charge is -2.29. The minimum Gasteiger partial charge on any atom is -0.507 e. The van der Waals surface area contributed by atoms with Crippen molar-refractivity contribution in [2.45, 2.75) is 12.5 Å². The Bertz CT molecular complexity index is 1140. The maximum Gasteiger partial charge on any atom is 0.295 e. The zero-order valence-electron chi connectivity index (χ0n) is 20.9. The summed E-state index contributed by atoms with van der Waals surface area (Å²) < 4.78 is 21.7. The van der Waals surface area contributed by atoms with Gasteiger partial charge in [0.2, 0.25) is 0 Å². The van der Waals surface area contributed by atoms with Gasteiger partial charge in [-0.2, -0.15) is 0 Å². The summed E-state index contributed by atoms with van der Waals surface area (Å²) in [4.78, 5) is 30.4. The maximum atomic E-state index is 13.3. The number of methoxy groups -OCH3 is 3. The van der Waals surface area contributed by atoms with Crippen LogP contribution in [-0.2, 0) is 14.3 Å². The standard InChI is InChI=1S/C27H32N2O7/c1-33-19-7-4-6-18(16-19)25(30)23-24(21-17-20(34-2)8-9-22(21)35-3)29(27(32)26(23)31)11-5-10-28-12-14-36-15-13-28/h4,6-9,16-17,24,30H,5,10-15H2,1-3H3/b25-23-. The molecule has 0 spiro atoms. The highest BCUT2D eigenvalue weighted by Crippen LogP contribution is 2.44. The summed E-state index contributed by atoms with van der Waals surface area (Å²) in [5.41, 5.74) is 0.950. The van der Waals surface area contributed by atoms with Crippen LogP contribution in [0.4, 0.5) is 0 Å². The molecule has 1 atom stereocenters. The molecule has 1 N–H and O–H groups in total. The van der Waals surface area contributed by atoms with Crippen molar-refractivity contribution in [3.05, 3.63) is 59.2 Å². The van der Waals surface area contributed by atoms with Crippen LogP contribution in [0.15, 0.2) is 48.0 Å². The molecule has 2 saturated heterocycles. The zero-order chi connectivity index (χ0) is 25.7. The van der Waals surface area contributed by atoms with Crippen molar-refractivity contribution in [2.75, 3.05) is 60.7 Å². The molecule has 9 heteroatoms. The molecular weight excluding hydrogens is 464 g/mol. The molecule has 2 heterocycles. The Labute approximate surface area is 210 Å². The molecule has 1 amide bonds. The quantitative estimate of drug-likeness (QED) is 0.322. The van der Waals surface area contributed by atoms with Crippen molar-refractivity contribution in [1.29, 1.82) is 0 Å². The first-order valence-electron chi connectivity index (χ1n) is 11.9. The molecule has 2 aromatic rings. The lowest BCUT2D eigenvalue weighted by atomic mass is 9.94. The molecule has 36 heavy (non-hydrogen) atoms. The highest BCUT2D eigenvalue weighted by Gasteiger charge is 2.47. The van der Waals surface area contributed by atoms with Gasteiger partial charge in [0.15, 0.2) is 0 Å². The Balaban J connectivity index is 1.76. The van der Waals surface area contributed by atoms with Gasteiger partial charge in [-0.1, -0.05) is 12.1 Å². The van der Waals surface area contributed by atoms with Crippen LogP contribution in [-0.4, -0.2) is 87.3 Å². The van der Waals surface area contributed by atoms with Crippen molar-refractivity contribution in [3.63, 3.8) is 0 Å². The molecule has 0 aliphatic carbocycles. The average Bonchev–Trinajstić information content (AvgIpc) is 3.17. The van der Waals surface area contributed by atoms with E-state index in [9.17, 15) is 14.7 Å². The Morgan fingerprint density at radius 1 is 0.972 bits per heavy atom. The number of nitrogens with zero attached hydrogens (tertiary/aromatic N) is 2. The predicted molar refractivity (Wildman–Crippen MR) is 133 cm³/mol. The van der Waals surface area contributed by atoms with Gasteiger partial charge in [0.1, 0.15) is 23.0 Å². The van der Waals surface area contributed by atoms with E-state index in [4.69, 9.17) is 18.9 Å². The maximum absolute atomic E-state index is 13.3. The number of hydrogen-bond acceptors (Lipinski definition) is 8.